The number of nitrogens with one attached hydrogen (secondary N) is 1. The van der Waals surface area contributed by atoms with Gasteiger partial charge in [0.05, 0.1) is 0 Å². The van der Waals surface area contributed by atoms with Gasteiger partial charge in [-0.05, 0) is 25.7 Å². The standard InChI is InChI=1S/C14H24N2O2/c1-2-13(17)11-3-5-12(6-4-11)14(18)16-9-7-15-8-10-16/h11-12,15H,2-10H2,1H3/t11-,12-. The van der Waals surface area contributed by atoms with Crippen LogP contribution in [-0.2, 0) is 9.59 Å². The molecule has 1 saturated carbocycles. The zero-order chi connectivity index (χ0) is 13.0. The fourth-order valence-electron chi connectivity index (χ4n) is 3.09. The molecular weight excluding hydrogens is 228 g/mol. The topological polar surface area (TPSA) is 49.4 Å². The third-order valence-electron chi connectivity index (χ3n) is 4.31. The molecule has 0 radical (unpaired) electrons. The fourth-order valence-corrected chi connectivity index (χ4v) is 3.09. The van der Waals surface area contributed by atoms with Gasteiger partial charge in [-0.1, -0.05) is 6.92 Å². The Morgan fingerprint density at radius 2 is 1.61 bits per heavy atom. The van der Waals surface area contributed by atoms with Crippen LogP contribution in [0.15, 0.2) is 0 Å². The number of hydrogen-bond acceptors (Lipinski definition) is 3. The van der Waals surface area contributed by atoms with Crippen LogP contribution in [-0.4, -0.2) is 42.8 Å². The molecule has 18 heavy (non-hydrogen) atoms. The number of nitrogens with zero attached hydrogens (tertiary/aromatic N) is 1. The van der Waals surface area contributed by atoms with Gasteiger partial charge in [-0.2, -0.15) is 0 Å². The van der Waals surface area contributed by atoms with Gasteiger partial charge in [-0.15, -0.1) is 0 Å². The zero-order valence-electron chi connectivity index (χ0n) is 11.3. The Bertz CT molecular complexity index is 303. The Morgan fingerprint density at radius 3 is 2.17 bits per heavy atom. The summed E-state index contributed by atoms with van der Waals surface area (Å²) < 4.78 is 0. The van der Waals surface area contributed by atoms with Crippen LogP contribution in [0.1, 0.15) is 39.0 Å². The summed E-state index contributed by atoms with van der Waals surface area (Å²) in [5, 5.41) is 3.26. The molecule has 4 nitrogen and oxygen atoms in total. The lowest BCUT2D eigenvalue weighted by molar-refractivity contribution is -0.138. The predicted molar refractivity (Wildman–Crippen MR) is 70.2 cm³/mol. The third-order valence-corrected chi connectivity index (χ3v) is 4.31. The van der Waals surface area contributed by atoms with E-state index in [1.54, 1.807) is 0 Å². The van der Waals surface area contributed by atoms with Crippen molar-refractivity contribution in [2.75, 3.05) is 26.2 Å². The van der Waals surface area contributed by atoms with Crippen molar-refractivity contribution in [2.24, 2.45) is 11.8 Å². The van der Waals surface area contributed by atoms with E-state index >= 15 is 0 Å². The van der Waals surface area contributed by atoms with Crippen LogP contribution in [0.4, 0.5) is 0 Å². The van der Waals surface area contributed by atoms with Gasteiger partial charge in [0.25, 0.3) is 0 Å². The highest BCUT2D eigenvalue weighted by atomic mass is 16.2. The van der Waals surface area contributed by atoms with Crippen LogP contribution < -0.4 is 5.32 Å². The number of carbonyl (C=O) groups excluding carboxylic acids is 2. The number of ketones is 1. The fraction of sp³-hybridized carbons (Fsp3) is 0.857. The highest BCUT2D eigenvalue weighted by Gasteiger charge is 2.31. The first-order valence-electron chi connectivity index (χ1n) is 7.24. The zero-order valence-corrected chi connectivity index (χ0v) is 11.3. The molecule has 1 N–H and O–H groups in total. The second kappa shape index (κ2) is 6.32. The Labute approximate surface area is 109 Å². The molecule has 1 heterocycles. The summed E-state index contributed by atoms with van der Waals surface area (Å²) in [6, 6.07) is 0. The lowest BCUT2D eigenvalue weighted by Crippen LogP contribution is -2.49. The maximum atomic E-state index is 12.3. The van der Waals surface area contributed by atoms with Crippen molar-refractivity contribution in [3.05, 3.63) is 0 Å². The molecule has 1 aliphatic heterocycles. The van der Waals surface area contributed by atoms with E-state index in [-0.39, 0.29) is 11.8 Å². The second-order valence-electron chi connectivity index (χ2n) is 5.44. The molecule has 2 fully saturated rings. The van der Waals surface area contributed by atoms with Crippen molar-refractivity contribution in [3.8, 4) is 0 Å². The lowest BCUT2D eigenvalue weighted by Gasteiger charge is -2.33. The van der Waals surface area contributed by atoms with Gasteiger partial charge in [0.1, 0.15) is 5.78 Å². The number of amides is 1. The molecule has 2 rings (SSSR count). The molecule has 1 saturated heterocycles. The lowest BCUT2D eigenvalue weighted by atomic mass is 9.79. The van der Waals surface area contributed by atoms with E-state index in [1.807, 2.05) is 11.8 Å². The molecule has 1 aliphatic carbocycles. The van der Waals surface area contributed by atoms with Crippen LogP contribution >= 0.6 is 0 Å². The smallest absolute Gasteiger partial charge is 0.225 e. The summed E-state index contributed by atoms with van der Waals surface area (Å²) in [5.74, 6) is 1.09. The van der Waals surface area contributed by atoms with E-state index < -0.39 is 0 Å². The first-order chi connectivity index (χ1) is 8.72. The molecule has 0 aromatic rings. The Kier molecular flexibility index (Phi) is 4.75. The molecule has 102 valence electrons. The first-order valence-corrected chi connectivity index (χ1v) is 7.24. The maximum absolute atomic E-state index is 12.3. The summed E-state index contributed by atoms with van der Waals surface area (Å²) in [6.45, 7) is 5.43. The van der Waals surface area contributed by atoms with Crippen molar-refractivity contribution >= 4 is 11.7 Å². The number of Topliss-reactive ketones (excluding diaryl/α,β-unsaturated/α-hetero) is 1. The predicted octanol–water partition coefficient (Wildman–Crippen LogP) is 1.20. The number of carbonyl (C=O) groups is 2. The van der Waals surface area contributed by atoms with E-state index in [1.165, 1.54) is 0 Å². The summed E-state index contributed by atoms with van der Waals surface area (Å²) in [7, 11) is 0. The van der Waals surface area contributed by atoms with Gasteiger partial charge < -0.3 is 10.2 Å². The summed E-state index contributed by atoms with van der Waals surface area (Å²) in [6.07, 6.45) is 4.27. The normalized spacial score (nSPS) is 29.1. The van der Waals surface area contributed by atoms with Crippen molar-refractivity contribution in [2.45, 2.75) is 39.0 Å². The van der Waals surface area contributed by atoms with E-state index in [9.17, 15) is 9.59 Å². The van der Waals surface area contributed by atoms with E-state index in [0.717, 1.165) is 51.9 Å². The monoisotopic (exact) mass is 252 g/mol. The molecule has 0 bridgehead atoms. The Morgan fingerprint density at radius 1 is 1.06 bits per heavy atom. The summed E-state index contributed by atoms with van der Waals surface area (Å²) >= 11 is 0. The minimum atomic E-state index is 0.170. The SMILES string of the molecule is CCC(=O)[C@H]1CC[C@H](C(=O)N2CCNCC2)CC1. The van der Waals surface area contributed by atoms with Crippen molar-refractivity contribution < 1.29 is 9.59 Å². The minimum Gasteiger partial charge on any atom is -0.340 e. The van der Waals surface area contributed by atoms with Gasteiger partial charge in [0.15, 0.2) is 0 Å². The molecule has 0 aromatic carbocycles. The maximum Gasteiger partial charge on any atom is 0.225 e. The van der Waals surface area contributed by atoms with Gasteiger partial charge >= 0.3 is 0 Å². The quantitative estimate of drug-likeness (QED) is 0.821. The van der Waals surface area contributed by atoms with E-state index in [0.29, 0.717) is 18.1 Å². The number of rotatable bonds is 3. The first kappa shape index (κ1) is 13.5. The molecule has 1 amide bonds. The molecule has 0 aromatic heterocycles. The van der Waals surface area contributed by atoms with Gasteiger partial charge in [0, 0.05) is 44.4 Å². The molecule has 0 spiro atoms. The third kappa shape index (κ3) is 3.10. The summed E-state index contributed by atoms with van der Waals surface area (Å²) in [4.78, 5) is 25.9. The van der Waals surface area contributed by atoms with Crippen LogP contribution in [0.5, 0.6) is 0 Å². The number of piperazine rings is 1. The van der Waals surface area contributed by atoms with Crippen molar-refractivity contribution in [1.29, 1.82) is 0 Å². The average Bonchev–Trinajstić information content (AvgIpc) is 2.47. The largest absolute Gasteiger partial charge is 0.340 e. The summed E-state index contributed by atoms with van der Waals surface area (Å²) in [5.41, 5.74) is 0. The van der Waals surface area contributed by atoms with Crippen molar-refractivity contribution in [1.82, 2.24) is 10.2 Å². The van der Waals surface area contributed by atoms with E-state index in [2.05, 4.69) is 5.32 Å². The van der Waals surface area contributed by atoms with Crippen molar-refractivity contribution in [3.63, 3.8) is 0 Å². The molecule has 4 heteroatoms. The molecule has 0 atom stereocenters. The van der Waals surface area contributed by atoms with Gasteiger partial charge in [-0.25, -0.2) is 0 Å². The van der Waals surface area contributed by atoms with E-state index in [4.69, 9.17) is 0 Å². The molecule has 2 aliphatic rings. The number of hydrogen-bond donors (Lipinski definition) is 1. The molecular formula is C14H24N2O2. The molecule has 0 unspecified atom stereocenters. The average molecular weight is 252 g/mol. The van der Waals surface area contributed by atoms with Gasteiger partial charge in [0.2, 0.25) is 5.91 Å². The van der Waals surface area contributed by atoms with Crippen LogP contribution in [0.3, 0.4) is 0 Å². The Balaban J connectivity index is 1.81. The Hall–Kier alpha value is -0.900. The second-order valence-corrected chi connectivity index (χ2v) is 5.44. The highest BCUT2D eigenvalue weighted by molar-refractivity contribution is 5.82. The highest BCUT2D eigenvalue weighted by Crippen LogP contribution is 2.31. The van der Waals surface area contributed by atoms with Crippen LogP contribution in [0, 0.1) is 11.8 Å². The minimum absolute atomic E-state index is 0.170. The van der Waals surface area contributed by atoms with Crippen LogP contribution in [0.2, 0.25) is 0 Å². The van der Waals surface area contributed by atoms with Crippen LogP contribution in [0.25, 0.3) is 0 Å². The van der Waals surface area contributed by atoms with Gasteiger partial charge in [-0.3, -0.25) is 9.59 Å².